The predicted molar refractivity (Wildman–Crippen MR) is 84.4 cm³/mol. The van der Waals surface area contributed by atoms with E-state index in [-0.39, 0.29) is 11.5 Å². The van der Waals surface area contributed by atoms with Crippen molar-refractivity contribution in [2.75, 3.05) is 36.0 Å². The van der Waals surface area contributed by atoms with E-state index in [4.69, 9.17) is 0 Å². The van der Waals surface area contributed by atoms with Crippen molar-refractivity contribution in [1.29, 1.82) is 0 Å². The Morgan fingerprint density at radius 1 is 0.960 bits per heavy atom. The van der Waals surface area contributed by atoms with Crippen LogP contribution in [0.3, 0.4) is 0 Å². The predicted octanol–water partition coefficient (Wildman–Crippen LogP) is 1.92. The fourth-order valence-electron chi connectivity index (χ4n) is 2.86. The number of rotatable bonds is 3. The Balaban J connectivity index is 1.53. The average Bonchev–Trinajstić information content (AvgIpc) is 3.06. The van der Waals surface area contributed by atoms with Crippen LogP contribution in [0, 0.1) is 5.82 Å². The second-order valence-electron chi connectivity index (χ2n) is 5.60. The first-order chi connectivity index (χ1) is 12.1. The fourth-order valence-corrected chi connectivity index (χ4v) is 2.86. The van der Waals surface area contributed by atoms with Crippen LogP contribution in [0.4, 0.5) is 24.8 Å². The highest BCUT2D eigenvalue weighted by Gasteiger charge is 2.23. The Hall–Kier alpha value is -2.91. The van der Waals surface area contributed by atoms with Gasteiger partial charge in [0.2, 0.25) is 5.82 Å². The van der Waals surface area contributed by atoms with Crippen LogP contribution in [0.25, 0.3) is 5.65 Å². The molecular formula is C15H14F3N7. The summed E-state index contributed by atoms with van der Waals surface area (Å²) in [5.74, 6) is 0.0345. The van der Waals surface area contributed by atoms with E-state index in [0.717, 1.165) is 4.52 Å². The number of hydrogen-bond donors (Lipinski definition) is 0. The molecule has 0 atom stereocenters. The van der Waals surface area contributed by atoms with Gasteiger partial charge < -0.3 is 9.80 Å². The first-order valence-corrected chi connectivity index (χ1v) is 7.74. The lowest BCUT2D eigenvalue weighted by atomic mass is 10.3. The van der Waals surface area contributed by atoms with E-state index >= 15 is 0 Å². The summed E-state index contributed by atoms with van der Waals surface area (Å²) in [5, 5.41) is 11.4. The van der Waals surface area contributed by atoms with Gasteiger partial charge in [-0.05, 0) is 24.3 Å². The van der Waals surface area contributed by atoms with E-state index in [1.54, 1.807) is 24.4 Å². The van der Waals surface area contributed by atoms with E-state index in [9.17, 15) is 13.2 Å². The normalized spacial score (nSPS) is 15.4. The van der Waals surface area contributed by atoms with Gasteiger partial charge in [-0.15, -0.1) is 15.3 Å². The first-order valence-electron chi connectivity index (χ1n) is 7.74. The van der Waals surface area contributed by atoms with Gasteiger partial charge in [-0.1, -0.05) is 0 Å². The zero-order valence-corrected chi connectivity index (χ0v) is 13.1. The van der Waals surface area contributed by atoms with E-state index in [1.807, 2.05) is 9.80 Å². The third kappa shape index (κ3) is 2.83. The lowest BCUT2D eigenvalue weighted by Gasteiger charge is -2.35. The fraction of sp³-hybridized carbons (Fsp3) is 0.333. The number of hydrogen-bond acceptors (Lipinski definition) is 6. The van der Waals surface area contributed by atoms with Gasteiger partial charge in [-0.2, -0.15) is 4.52 Å². The van der Waals surface area contributed by atoms with Crippen LogP contribution in [0.15, 0.2) is 30.5 Å². The molecule has 0 aliphatic carbocycles. The van der Waals surface area contributed by atoms with Gasteiger partial charge in [0.15, 0.2) is 17.3 Å². The number of halogens is 3. The van der Waals surface area contributed by atoms with Gasteiger partial charge in [-0.3, -0.25) is 0 Å². The average molecular weight is 349 g/mol. The second kappa shape index (κ2) is 6.19. The number of piperazine rings is 1. The Morgan fingerprint density at radius 3 is 2.44 bits per heavy atom. The highest BCUT2D eigenvalue weighted by Crippen LogP contribution is 2.21. The number of aromatic nitrogens is 5. The van der Waals surface area contributed by atoms with Crippen molar-refractivity contribution in [2.45, 2.75) is 6.43 Å². The van der Waals surface area contributed by atoms with Crippen LogP contribution in [0.1, 0.15) is 12.2 Å². The maximum absolute atomic E-state index is 13.8. The topological polar surface area (TPSA) is 62.5 Å². The zero-order chi connectivity index (χ0) is 17.4. The third-order valence-electron chi connectivity index (χ3n) is 4.11. The molecule has 3 aromatic heterocycles. The molecule has 1 fully saturated rings. The number of alkyl halides is 2. The Bertz CT molecular complexity index is 890. The monoisotopic (exact) mass is 349 g/mol. The number of pyridine rings is 1. The van der Waals surface area contributed by atoms with E-state index in [2.05, 4.69) is 20.3 Å². The molecule has 25 heavy (non-hydrogen) atoms. The van der Waals surface area contributed by atoms with Gasteiger partial charge in [0.05, 0.1) is 0 Å². The van der Waals surface area contributed by atoms with Gasteiger partial charge in [0.1, 0.15) is 5.82 Å². The van der Waals surface area contributed by atoms with Crippen molar-refractivity contribution >= 4 is 17.3 Å². The minimum absolute atomic E-state index is 0.272. The molecule has 0 radical (unpaired) electrons. The maximum atomic E-state index is 13.8. The van der Waals surface area contributed by atoms with Crippen molar-refractivity contribution in [3.05, 3.63) is 42.1 Å². The molecule has 0 unspecified atom stereocenters. The molecule has 0 aromatic carbocycles. The molecule has 0 amide bonds. The van der Waals surface area contributed by atoms with Crippen LogP contribution in [-0.2, 0) is 0 Å². The van der Waals surface area contributed by atoms with Crippen molar-refractivity contribution in [2.24, 2.45) is 0 Å². The maximum Gasteiger partial charge on any atom is 0.299 e. The third-order valence-corrected chi connectivity index (χ3v) is 4.11. The molecule has 0 saturated carbocycles. The van der Waals surface area contributed by atoms with E-state index in [1.165, 1.54) is 6.07 Å². The van der Waals surface area contributed by atoms with E-state index in [0.29, 0.717) is 37.8 Å². The molecule has 4 heterocycles. The first kappa shape index (κ1) is 15.6. The van der Waals surface area contributed by atoms with Gasteiger partial charge in [0.25, 0.3) is 6.43 Å². The zero-order valence-electron chi connectivity index (χ0n) is 13.1. The molecule has 4 rings (SSSR count). The van der Waals surface area contributed by atoms with Gasteiger partial charge in [0, 0.05) is 32.4 Å². The van der Waals surface area contributed by atoms with Crippen LogP contribution in [0.5, 0.6) is 0 Å². The highest BCUT2D eigenvalue weighted by atomic mass is 19.3. The number of anilines is 2. The smallest absolute Gasteiger partial charge is 0.299 e. The van der Waals surface area contributed by atoms with Gasteiger partial charge in [-0.25, -0.2) is 18.2 Å². The molecular weight excluding hydrogens is 335 g/mol. The summed E-state index contributed by atoms with van der Waals surface area (Å²) in [6.07, 6.45) is -1.19. The quantitative estimate of drug-likeness (QED) is 0.720. The largest absolute Gasteiger partial charge is 0.352 e. The molecule has 0 spiro atoms. The summed E-state index contributed by atoms with van der Waals surface area (Å²) in [4.78, 5) is 7.88. The summed E-state index contributed by atoms with van der Waals surface area (Å²) in [6.45, 7) is 2.25. The molecule has 1 aliphatic heterocycles. The SMILES string of the molecule is Fc1cccnc1N1CCN(c2ccc3nnc(C(F)F)n3n2)CC1. The molecule has 0 bridgehead atoms. The molecule has 130 valence electrons. The Labute approximate surface area is 140 Å². The number of fused-ring (bicyclic) bond motifs is 1. The highest BCUT2D eigenvalue weighted by molar-refractivity contribution is 5.48. The Kier molecular flexibility index (Phi) is 3.86. The standard InChI is InChI=1S/C15H14F3N7/c16-10-2-1-5-19-14(10)24-8-6-23(7-9-24)12-4-3-11-20-21-15(13(17)18)25(11)22-12/h1-5,13H,6-9H2. The van der Waals surface area contributed by atoms with Gasteiger partial charge >= 0.3 is 0 Å². The summed E-state index contributed by atoms with van der Waals surface area (Å²) in [5.41, 5.74) is 0.272. The molecule has 10 heteroatoms. The van der Waals surface area contributed by atoms with Crippen molar-refractivity contribution in [3.8, 4) is 0 Å². The summed E-state index contributed by atoms with van der Waals surface area (Å²) >= 11 is 0. The minimum atomic E-state index is -2.75. The van der Waals surface area contributed by atoms with E-state index < -0.39 is 12.2 Å². The van der Waals surface area contributed by atoms with Crippen molar-refractivity contribution < 1.29 is 13.2 Å². The van der Waals surface area contributed by atoms with Crippen LogP contribution in [0.2, 0.25) is 0 Å². The van der Waals surface area contributed by atoms with Crippen LogP contribution in [-0.4, -0.2) is 51.0 Å². The molecule has 1 aliphatic rings. The minimum Gasteiger partial charge on any atom is -0.352 e. The lowest BCUT2D eigenvalue weighted by Crippen LogP contribution is -2.47. The molecule has 0 N–H and O–H groups in total. The summed E-state index contributed by atoms with van der Waals surface area (Å²) in [6, 6.07) is 6.25. The van der Waals surface area contributed by atoms with Crippen molar-refractivity contribution in [3.63, 3.8) is 0 Å². The summed E-state index contributed by atoms with van der Waals surface area (Å²) in [7, 11) is 0. The molecule has 3 aromatic rings. The number of nitrogens with zero attached hydrogens (tertiary/aromatic N) is 7. The van der Waals surface area contributed by atoms with Crippen molar-refractivity contribution in [1.82, 2.24) is 24.8 Å². The summed E-state index contributed by atoms with van der Waals surface area (Å²) < 4.78 is 40.8. The lowest BCUT2D eigenvalue weighted by molar-refractivity contribution is 0.137. The molecule has 7 nitrogen and oxygen atoms in total. The molecule has 1 saturated heterocycles. The van der Waals surface area contributed by atoms with Crippen LogP contribution >= 0.6 is 0 Å². The Morgan fingerprint density at radius 2 is 1.72 bits per heavy atom. The second-order valence-corrected chi connectivity index (χ2v) is 5.60. The van der Waals surface area contributed by atoms with Crippen LogP contribution < -0.4 is 9.80 Å².